The highest BCUT2D eigenvalue weighted by atomic mass is 35.5. The number of rotatable bonds is 4. The van der Waals surface area contributed by atoms with Crippen LogP contribution in [-0.2, 0) is 0 Å². The van der Waals surface area contributed by atoms with Gasteiger partial charge in [-0.25, -0.2) is 4.79 Å². The first-order valence-electron chi connectivity index (χ1n) is 5.97. The average Bonchev–Trinajstić information content (AvgIpc) is 2.39. The number of carbonyl (C=O) groups is 1. The van der Waals surface area contributed by atoms with E-state index in [0.29, 0.717) is 21.4 Å². The molecule has 2 rings (SSSR count). The van der Waals surface area contributed by atoms with Crippen molar-refractivity contribution in [1.82, 2.24) is 0 Å². The van der Waals surface area contributed by atoms with E-state index in [1.54, 1.807) is 0 Å². The zero-order valence-electron chi connectivity index (χ0n) is 11.0. The fraction of sp³-hybridized carbons (Fsp3) is 0.0714. The number of primary amides is 1. The van der Waals surface area contributed by atoms with E-state index >= 15 is 0 Å². The van der Waals surface area contributed by atoms with Crippen LogP contribution in [-0.4, -0.2) is 12.6 Å². The summed E-state index contributed by atoms with van der Waals surface area (Å²) in [5.74, 6) is -0.0349. The Bertz CT molecular complexity index is 661. The zero-order chi connectivity index (χ0) is 16.3. The minimum atomic E-state index is -2.93. The lowest BCUT2D eigenvalue weighted by molar-refractivity contribution is -0.0498. The first-order chi connectivity index (χ1) is 10.4. The number of hydrogen-bond donors (Lipinski definition) is 1. The van der Waals surface area contributed by atoms with Crippen LogP contribution in [0.1, 0.15) is 0 Å². The molecule has 22 heavy (non-hydrogen) atoms. The molecule has 0 heterocycles. The normalized spacial score (nSPS) is 10.6. The van der Waals surface area contributed by atoms with Crippen LogP contribution in [0.4, 0.5) is 25.0 Å². The SMILES string of the molecule is NC(=O)N(c1ccc(OC(F)F)cc1)c1cc(Cl)cc(Cl)c1. The number of urea groups is 1. The molecule has 2 aromatic rings. The summed E-state index contributed by atoms with van der Waals surface area (Å²) in [5.41, 5.74) is 6.08. The maximum absolute atomic E-state index is 12.1. The highest BCUT2D eigenvalue weighted by molar-refractivity contribution is 6.35. The molecule has 0 radical (unpaired) electrons. The Morgan fingerprint density at radius 3 is 2.05 bits per heavy atom. The van der Waals surface area contributed by atoms with Gasteiger partial charge in [-0.3, -0.25) is 4.90 Å². The van der Waals surface area contributed by atoms with E-state index in [-0.39, 0.29) is 5.75 Å². The largest absolute Gasteiger partial charge is 0.435 e. The lowest BCUT2D eigenvalue weighted by Crippen LogP contribution is -2.31. The minimum absolute atomic E-state index is 0.0349. The molecule has 0 spiro atoms. The van der Waals surface area contributed by atoms with Gasteiger partial charge < -0.3 is 10.5 Å². The summed E-state index contributed by atoms with van der Waals surface area (Å²) in [7, 11) is 0. The van der Waals surface area contributed by atoms with Gasteiger partial charge in [0, 0.05) is 10.0 Å². The Kier molecular flexibility index (Phi) is 5.05. The fourth-order valence-electron chi connectivity index (χ4n) is 1.85. The highest BCUT2D eigenvalue weighted by Gasteiger charge is 2.16. The topological polar surface area (TPSA) is 55.6 Å². The van der Waals surface area contributed by atoms with Gasteiger partial charge in [0.05, 0.1) is 11.4 Å². The molecule has 0 aliphatic carbocycles. The van der Waals surface area contributed by atoms with Gasteiger partial charge in [-0.2, -0.15) is 8.78 Å². The summed E-state index contributed by atoms with van der Waals surface area (Å²) in [6, 6.07) is 9.15. The number of ether oxygens (including phenoxy) is 1. The van der Waals surface area contributed by atoms with E-state index < -0.39 is 12.6 Å². The van der Waals surface area contributed by atoms with Crippen LogP contribution in [0, 0.1) is 0 Å². The van der Waals surface area contributed by atoms with Crippen molar-refractivity contribution >= 4 is 40.6 Å². The number of halogens is 4. The third kappa shape index (κ3) is 3.99. The predicted octanol–water partition coefficient (Wildman–Crippen LogP) is 4.81. The number of nitrogens with zero attached hydrogens (tertiary/aromatic N) is 1. The van der Waals surface area contributed by atoms with Crippen LogP contribution < -0.4 is 15.4 Å². The zero-order valence-corrected chi connectivity index (χ0v) is 12.5. The summed E-state index contributed by atoms with van der Waals surface area (Å²) in [6.07, 6.45) is 0. The lowest BCUT2D eigenvalue weighted by atomic mass is 10.2. The van der Waals surface area contributed by atoms with Gasteiger partial charge in [0.15, 0.2) is 0 Å². The second-order valence-electron chi connectivity index (χ2n) is 4.17. The van der Waals surface area contributed by atoms with Crippen LogP contribution >= 0.6 is 23.2 Å². The van der Waals surface area contributed by atoms with E-state index in [9.17, 15) is 13.6 Å². The number of hydrogen-bond acceptors (Lipinski definition) is 2. The molecule has 8 heteroatoms. The first-order valence-corrected chi connectivity index (χ1v) is 6.73. The van der Waals surface area contributed by atoms with Crippen LogP contribution in [0.5, 0.6) is 5.75 Å². The Balaban J connectivity index is 2.37. The molecule has 0 aliphatic rings. The van der Waals surface area contributed by atoms with Crippen molar-refractivity contribution < 1.29 is 18.3 Å². The molecule has 0 aromatic heterocycles. The molecule has 4 nitrogen and oxygen atoms in total. The molecule has 0 saturated heterocycles. The fourth-order valence-corrected chi connectivity index (χ4v) is 2.36. The van der Waals surface area contributed by atoms with Crippen LogP contribution in [0.3, 0.4) is 0 Å². The molecule has 0 aliphatic heterocycles. The molecule has 2 aromatic carbocycles. The second kappa shape index (κ2) is 6.81. The van der Waals surface area contributed by atoms with E-state index in [1.165, 1.54) is 42.5 Å². The molecule has 116 valence electrons. The molecular weight excluding hydrogens is 337 g/mol. The first kappa shape index (κ1) is 16.3. The molecule has 0 saturated carbocycles. The van der Waals surface area contributed by atoms with Crippen LogP contribution in [0.25, 0.3) is 0 Å². The van der Waals surface area contributed by atoms with Gasteiger partial charge in [0.1, 0.15) is 5.75 Å². The van der Waals surface area contributed by atoms with E-state index in [4.69, 9.17) is 28.9 Å². The molecule has 2 amide bonds. The third-order valence-corrected chi connectivity index (χ3v) is 3.08. The lowest BCUT2D eigenvalue weighted by Gasteiger charge is -2.21. The Morgan fingerprint density at radius 2 is 1.59 bits per heavy atom. The van der Waals surface area contributed by atoms with Crippen LogP contribution in [0.2, 0.25) is 10.0 Å². The predicted molar refractivity (Wildman–Crippen MR) is 81.3 cm³/mol. The van der Waals surface area contributed by atoms with Gasteiger partial charge in [0.2, 0.25) is 0 Å². The monoisotopic (exact) mass is 346 g/mol. The Hall–Kier alpha value is -2.05. The number of carbonyl (C=O) groups excluding carboxylic acids is 1. The van der Waals surface area contributed by atoms with Crippen molar-refractivity contribution in [2.45, 2.75) is 6.61 Å². The summed E-state index contributed by atoms with van der Waals surface area (Å²) >= 11 is 11.8. The summed E-state index contributed by atoms with van der Waals surface area (Å²) in [5, 5.41) is 0.651. The molecule has 0 fully saturated rings. The maximum Gasteiger partial charge on any atom is 0.387 e. The summed E-state index contributed by atoms with van der Waals surface area (Å²) in [4.78, 5) is 12.8. The number of amides is 2. The molecule has 0 unspecified atom stereocenters. The maximum atomic E-state index is 12.1. The summed E-state index contributed by atoms with van der Waals surface area (Å²) < 4.78 is 28.5. The third-order valence-electron chi connectivity index (χ3n) is 2.65. The Labute approximate surface area is 135 Å². The van der Waals surface area contributed by atoms with Gasteiger partial charge >= 0.3 is 12.6 Å². The second-order valence-corrected chi connectivity index (χ2v) is 5.05. The average molecular weight is 347 g/mol. The van der Waals surface area contributed by atoms with Crippen molar-refractivity contribution in [2.75, 3.05) is 4.90 Å². The standard InChI is InChI=1S/C14H10Cl2F2N2O2/c15-8-5-9(16)7-11(6-8)20(14(19)21)10-1-3-12(4-2-10)22-13(17)18/h1-7,13H,(H2,19,21). The van der Waals surface area contributed by atoms with E-state index in [2.05, 4.69) is 4.74 Å². The highest BCUT2D eigenvalue weighted by Crippen LogP contribution is 2.31. The molecule has 0 atom stereocenters. The number of anilines is 2. The minimum Gasteiger partial charge on any atom is -0.435 e. The molecule has 2 N–H and O–H groups in total. The number of nitrogens with two attached hydrogens (primary N) is 1. The molecule has 0 bridgehead atoms. The van der Waals surface area contributed by atoms with Crippen molar-refractivity contribution in [2.24, 2.45) is 5.73 Å². The van der Waals surface area contributed by atoms with Gasteiger partial charge in [-0.05, 0) is 42.5 Å². The van der Waals surface area contributed by atoms with Gasteiger partial charge in [-0.1, -0.05) is 23.2 Å². The summed E-state index contributed by atoms with van der Waals surface area (Å²) in [6.45, 7) is -2.93. The van der Waals surface area contributed by atoms with Crippen molar-refractivity contribution in [3.63, 3.8) is 0 Å². The smallest absolute Gasteiger partial charge is 0.387 e. The van der Waals surface area contributed by atoms with Crippen molar-refractivity contribution in [3.05, 3.63) is 52.5 Å². The van der Waals surface area contributed by atoms with Crippen molar-refractivity contribution in [1.29, 1.82) is 0 Å². The van der Waals surface area contributed by atoms with Gasteiger partial charge in [-0.15, -0.1) is 0 Å². The van der Waals surface area contributed by atoms with E-state index in [0.717, 1.165) is 4.90 Å². The quantitative estimate of drug-likeness (QED) is 0.863. The molecular formula is C14H10Cl2F2N2O2. The van der Waals surface area contributed by atoms with Crippen LogP contribution in [0.15, 0.2) is 42.5 Å². The number of benzene rings is 2. The van der Waals surface area contributed by atoms with Crippen molar-refractivity contribution in [3.8, 4) is 5.75 Å². The van der Waals surface area contributed by atoms with Gasteiger partial charge in [0.25, 0.3) is 0 Å². The van der Waals surface area contributed by atoms with E-state index in [1.807, 2.05) is 0 Å². The Morgan fingerprint density at radius 1 is 1.05 bits per heavy atom. The number of alkyl halides is 2.